The van der Waals surface area contributed by atoms with E-state index in [0.29, 0.717) is 12.8 Å². The lowest BCUT2D eigenvalue weighted by Gasteiger charge is -2.51. The van der Waals surface area contributed by atoms with E-state index in [-0.39, 0.29) is 12.3 Å². The average Bonchev–Trinajstić information content (AvgIpc) is 0.763. The summed E-state index contributed by atoms with van der Waals surface area (Å²) in [7, 11) is 0. The molecule has 42 nitrogen and oxygen atoms in total. The number of carbonyl (C=O) groups is 4. The Morgan fingerprint density at radius 2 is 0.606 bits per heavy atom. The highest BCUT2D eigenvalue weighted by Gasteiger charge is 2.60. The quantitative estimate of drug-likeness (QED) is 0.0229. The van der Waals surface area contributed by atoms with E-state index in [1.165, 1.54) is 148 Å². The maximum absolute atomic E-state index is 13.7. The molecule has 7 aliphatic rings. The largest absolute Gasteiger partial charge is 0.394 e. The van der Waals surface area contributed by atoms with Crippen molar-refractivity contribution in [3.8, 4) is 0 Å². The van der Waals surface area contributed by atoms with Crippen LogP contribution in [0.5, 0.6) is 0 Å². The van der Waals surface area contributed by atoms with Crippen molar-refractivity contribution >= 4 is 23.6 Å². The second-order valence-electron chi connectivity index (χ2n) is 36.4. The Hall–Kier alpha value is -3.74. The third-order valence-electron chi connectivity index (χ3n) is 25.7. The highest BCUT2D eigenvalue weighted by Crippen LogP contribution is 2.39. The predicted molar refractivity (Wildman–Crippen MR) is 466 cm³/mol. The molecule has 7 rings (SSSR count). The highest BCUT2D eigenvalue weighted by atomic mass is 16.8. The smallest absolute Gasteiger partial charge is 0.220 e. The van der Waals surface area contributed by atoms with E-state index >= 15 is 0 Å². The predicted octanol–water partition coefficient (Wildman–Crippen LogP) is -2.12. The number of aliphatic hydroxyl groups is 20. The summed E-state index contributed by atoms with van der Waals surface area (Å²) in [4.78, 5) is 52.3. The number of hydrogen-bond donors (Lipinski definition) is 24. The molecule has 7 heterocycles. The van der Waals surface area contributed by atoms with Crippen LogP contribution in [0.3, 0.4) is 0 Å². The molecule has 0 saturated carbocycles. The average molecular weight is 1910 g/mol. The maximum atomic E-state index is 13.7. The molecule has 42 heteroatoms. The van der Waals surface area contributed by atoms with Crippen molar-refractivity contribution in [3.63, 3.8) is 0 Å². The number of nitrogens with one attached hydrogen (secondary N) is 4. The zero-order valence-electron chi connectivity index (χ0n) is 77.5. The van der Waals surface area contributed by atoms with Gasteiger partial charge in [-0.2, -0.15) is 0 Å². The zero-order chi connectivity index (χ0) is 96.5. The van der Waals surface area contributed by atoms with Gasteiger partial charge in [0.15, 0.2) is 44.0 Å². The van der Waals surface area contributed by atoms with Crippen molar-refractivity contribution in [1.82, 2.24) is 21.3 Å². The number of rotatable bonds is 62. The normalized spacial score (nSPS) is 36.8. The van der Waals surface area contributed by atoms with Gasteiger partial charge in [-0.1, -0.05) is 219 Å². The van der Waals surface area contributed by atoms with Crippen LogP contribution in [-0.2, 0) is 85.5 Å². The van der Waals surface area contributed by atoms with Crippen LogP contribution in [0, 0.1) is 0 Å². The Morgan fingerprint density at radius 3 is 1.00 bits per heavy atom. The van der Waals surface area contributed by atoms with Gasteiger partial charge in [-0.25, -0.2) is 0 Å². The number of amides is 4. The zero-order valence-corrected chi connectivity index (χ0v) is 77.5. The van der Waals surface area contributed by atoms with Crippen LogP contribution in [0.15, 0.2) is 12.2 Å². The number of carbonyl (C=O) groups excluding carboxylic acids is 4. The molecule has 0 aliphatic carbocycles. The van der Waals surface area contributed by atoms with Gasteiger partial charge in [0.1, 0.15) is 171 Å². The summed E-state index contributed by atoms with van der Waals surface area (Å²) in [5, 5.41) is 236. The van der Waals surface area contributed by atoms with Gasteiger partial charge >= 0.3 is 0 Å². The van der Waals surface area contributed by atoms with E-state index in [4.69, 9.17) is 66.3 Å². The molecule has 14 unspecified atom stereocenters. The summed E-state index contributed by atoms with van der Waals surface area (Å²) < 4.78 is 83.8. The molecule has 132 heavy (non-hydrogen) atoms. The second kappa shape index (κ2) is 61.7. The van der Waals surface area contributed by atoms with Crippen LogP contribution >= 0.6 is 0 Å². The van der Waals surface area contributed by atoms with E-state index in [9.17, 15) is 121 Å². The van der Waals surface area contributed by atoms with Gasteiger partial charge in [0.2, 0.25) is 23.6 Å². The fourth-order valence-electron chi connectivity index (χ4n) is 18.0. The minimum absolute atomic E-state index is 0.155. The summed E-state index contributed by atoms with van der Waals surface area (Å²) in [6.07, 6.45) is -22.3. The van der Waals surface area contributed by atoms with Crippen molar-refractivity contribution < 1.29 is 188 Å². The number of ether oxygens (including phenoxy) is 14. The van der Waals surface area contributed by atoms with E-state index in [0.717, 1.165) is 72.1 Å². The molecule has 24 N–H and O–H groups in total. The summed E-state index contributed by atoms with van der Waals surface area (Å²) >= 11 is 0. The third kappa shape index (κ3) is 35.5. The van der Waals surface area contributed by atoms with Crippen LogP contribution in [-0.4, -0.2) is 406 Å². The summed E-state index contributed by atoms with van der Waals surface area (Å²) in [5.41, 5.74) is 0. The van der Waals surface area contributed by atoms with Crippen molar-refractivity contribution in [3.05, 3.63) is 12.2 Å². The number of allylic oxidation sites excluding steroid dienone is 1. The lowest BCUT2D eigenvalue weighted by Crippen LogP contribution is -2.71. The fourth-order valence-corrected chi connectivity index (χ4v) is 18.0. The van der Waals surface area contributed by atoms with Crippen LogP contribution in [0.1, 0.15) is 253 Å². The van der Waals surface area contributed by atoms with E-state index in [1.54, 1.807) is 6.08 Å². The molecular formula is C90H162N4O38. The first-order chi connectivity index (χ1) is 63.4. The molecule has 0 aromatic heterocycles. The van der Waals surface area contributed by atoms with Crippen molar-refractivity contribution in [2.45, 2.75) is 480 Å². The summed E-state index contributed by atoms with van der Waals surface area (Å²) in [6, 6.07) is -6.53. The minimum Gasteiger partial charge on any atom is -0.394 e. The third-order valence-corrected chi connectivity index (χ3v) is 25.7. The first kappa shape index (κ1) is 115. The van der Waals surface area contributed by atoms with Gasteiger partial charge in [-0.3, -0.25) is 19.2 Å². The van der Waals surface area contributed by atoms with Gasteiger partial charge in [0.05, 0.1) is 65.0 Å². The minimum atomic E-state index is -2.40. The lowest BCUT2D eigenvalue weighted by molar-refractivity contribution is -0.389. The number of aliphatic hydroxyl groups excluding tert-OH is 20. The Labute approximate surface area is 774 Å². The molecule has 0 spiro atoms. The Kier molecular flexibility index (Phi) is 53.9. The van der Waals surface area contributed by atoms with Crippen molar-refractivity contribution in [2.75, 3.05) is 52.9 Å². The van der Waals surface area contributed by atoms with Crippen molar-refractivity contribution in [1.29, 1.82) is 0 Å². The van der Waals surface area contributed by atoms with Crippen LogP contribution < -0.4 is 21.3 Å². The van der Waals surface area contributed by atoms with Gasteiger partial charge in [0.25, 0.3) is 0 Å². The fraction of sp³-hybridized carbons (Fsp3) is 0.933. The molecule has 0 aromatic rings. The molecule has 4 amide bonds. The van der Waals surface area contributed by atoms with Crippen LogP contribution in [0.4, 0.5) is 0 Å². The molecule has 0 aromatic carbocycles. The molecule has 0 bridgehead atoms. The first-order valence-electron chi connectivity index (χ1n) is 48.5. The van der Waals surface area contributed by atoms with Gasteiger partial charge in [0, 0.05) is 27.2 Å². The molecule has 770 valence electrons. The standard InChI is InChI=1S/C90H162N4O38/c1-6-8-10-12-14-16-18-20-21-22-23-24-25-26-27-29-31-33-35-37-39-41-62(105)94-53(54(104)40-38-36-34-32-30-28-19-17-15-13-11-9-7-2)48-119-87-76(116)74(114)81(60(47-100)126-87)130-89-77(117)82(68(108)57(44-97)123-89)131-85-65(93-52(5)103)72(112)80(59(46-99)125-85)129-90-78(118)83(69(109)61(127-90)49-120-84-63(91-50(3)101)70(110)66(106)55(42-95)121-84)132-86-64(92-51(4)102)71(111)79(58(45-98)124-86)128-88-75(115)73(113)67(107)56(43-96)122-88/h38,40,53-61,63-90,95-100,104,106-118H,6-37,39,41-49H2,1-5H3,(H,91,101)(H,92,102)(H,93,103)(H,94,105)/b40-38+/t53-,54+,55?,56?,57?,58?,59?,60?,61?,63?,64?,65?,66+,67-,68-,69-,70+,71+,72+,73-,74+,75?,76?,77?,78?,79+,80+,81+,82-,83-,84+,85-,86-,87+,88-,89-,90-/m0/s1. The SMILES string of the molecule is CCCCCCCCCCCCC/C=C/[C@@H](O)[C@H](CO[C@@H]1OC(CO)[C@@H](O[C@@H]2OC(CO)[C@H](O)[C@H](O[C@@H]3OC(CO)[C@@H](O[C@@H]4OC(CO[C@@H]5OC(CO)[C@@H](O)[C@H](O)C5NC(C)=O)[C@H](O)[C@H](O[C@@H]5OC(CO)[C@@H](O[C@@H]6OC(CO)[C@H](O)[C@H](O)C6O)[C@H](O)C5NC(C)=O)C4O)[C@H](O)C3NC(C)=O)C2O)[C@H](O)C1O)NC(=O)CCCCCCCCCCCCCCCCCCCCCCC. The van der Waals surface area contributed by atoms with E-state index in [1.807, 2.05) is 6.08 Å². The summed E-state index contributed by atoms with van der Waals surface area (Å²) in [5.74, 6) is -2.96. The summed E-state index contributed by atoms with van der Waals surface area (Å²) in [6.45, 7) is -0.0904. The van der Waals surface area contributed by atoms with Crippen LogP contribution in [0.25, 0.3) is 0 Å². The Morgan fingerprint density at radius 1 is 0.303 bits per heavy atom. The molecule has 7 aliphatic heterocycles. The highest BCUT2D eigenvalue weighted by molar-refractivity contribution is 5.76. The molecule has 7 saturated heterocycles. The van der Waals surface area contributed by atoms with E-state index < -0.39 is 297 Å². The molecule has 37 atom stereocenters. The Balaban J connectivity index is 1.02. The maximum Gasteiger partial charge on any atom is 0.220 e. The monoisotopic (exact) mass is 1910 g/mol. The number of hydrogen-bond acceptors (Lipinski definition) is 38. The lowest BCUT2D eigenvalue weighted by atomic mass is 9.93. The molecule has 7 fully saturated rings. The van der Waals surface area contributed by atoms with Crippen molar-refractivity contribution in [2.24, 2.45) is 0 Å². The van der Waals surface area contributed by atoms with Gasteiger partial charge in [-0.15, -0.1) is 0 Å². The second-order valence-corrected chi connectivity index (χ2v) is 36.4. The van der Waals surface area contributed by atoms with Crippen LogP contribution in [0.2, 0.25) is 0 Å². The Bertz CT molecular complexity index is 3170. The topological polar surface area (TPSA) is 650 Å². The molecular weight excluding hydrogens is 1740 g/mol. The van der Waals surface area contributed by atoms with E-state index in [2.05, 4.69) is 35.1 Å². The molecule has 0 radical (unpaired) electrons. The number of unbranched alkanes of at least 4 members (excludes halogenated alkanes) is 31. The van der Waals surface area contributed by atoms with Gasteiger partial charge < -0.3 is 190 Å². The van der Waals surface area contributed by atoms with Gasteiger partial charge in [-0.05, 0) is 19.3 Å². The first-order valence-corrected chi connectivity index (χ1v) is 48.5.